The molecular weight excluding hydrogens is 316 g/mol. The molecule has 6 nitrogen and oxygen atoms in total. The number of nitrogens with zero attached hydrogens (tertiary/aromatic N) is 4. The van der Waals surface area contributed by atoms with Crippen molar-refractivity contribution in [3.8, 4) is 22.4 Å². The van der Waals surface area contributed by atoms with Crippen LogP contribution in [0.15, 0.2) is 66.9 Å². The Kier molecular flexibility index (Phi) is 3.50. The van der Waals surface area contributed by atoms with Crippen molar-refractivity contribution >= 4 is 11.3 Å². The zero-order chi connectivity index (χ0) is 17.4. The number of rotatable bonds is 3. The van der Waals surface area contributed by atoms with Crippen molar-refractivity contribution in [1.29, 1.82) is 0 Å². The third kappa shape index (κ3) is 2.53. The maximum Gasteiger partial charge on any atom is 0.270 e. The van der Waals surface area contributed by atoms with Gasteiger partial charge in [0, 0.05) is 29.5 Å². The second kappa shape index (κ2) is 5.83. The van der Waals surface area contributed by atoms with Gasteiger partial charge in [-0.3, -0.25) is 10.1 Å². The van der Waals surface area contributed by atoms with E-state index < -0.39 is 4.92 Å². The van der Waals surface area contributed by atoms with Crippen LogP contribution in [0.4, 0.5) is 5.69 Å². The Morgan fingerprint density at radius 3 is 2.52 bits per heavy atom. The topological polar surface area (TPSA) is 73.3 Å². The molecule has 6 heteroatoms. The third-order valence-corrected chi connectivity index (χ3v) is 4.11. The number of nitro benzene ring substituents is 1. The molecule has 0 fully saturated rings. The van der Waals surface area contributed by atoms with E-state index in [1.54, 1.807) is 22.8 Å². The lowest BCUT2D eigenvalue weighted by Gasteiger charge is -2.05. The minimum atomic E-state index is -0.397. The van der Waals surface area contributed by atoms with Gasteiger partial charge in [0.1, 0.15) is 0 Å². The fourth-order valence-corrected chi connectivity index (χ4v) is 2.99. The van der Waals surface area contributed by atoms with Gasteiger partial charge in [-0.1, -0.05) is 42.5 Å². The molecule has 122 valence electrons. The number of hydrogen-bond donors (Lipinski definition) is 0. The summed E-state index contributed by atoms with van der Waals surface area (Å²) >= 11 is 0. The molecule has 0 aliphatic heterocycles. The summed E-state index contributed by atoms with van der Waals surface area (Å²) in [7, 11) is 0. The third-order valence-electron chi connectivity index (χ3n) is 4.11. The molecule has 25 heavy (non-hydrogen) atoms. The second-order valence-electron chi connectivity index (χ2n) is 5.70. The molecule has 0 saturated heterocycles. The number of hydrogen-bond acceptors (Lipinski definition) is 4. The van der Waals surface area contributed by atoms with Gasteiger partial charge in [0.25, 0.3) is 5.69 Å². The monoisotopic (exact) mass is 330 g/mol. The van der Waals surface area contributed by atoms with Crippen LogP contribution in [0.25, 0.3) is 28.0 Å². The van der Waals surface area contributed by atoms with E-state index in [1.165, 1.54) is 6.07 Å². The molecule has 2 aromatic heterocycles. The average Bonchev–Trinajstić information content (AvgIpc) is 2.98. The largest absolute Gasteiger partial charge is 0.270 e. The molecule has 0 radical (unpaired) electrons. The van der Waals surface area contributed by atoms with Crippen molar-refractivity contribution < 1.29 is 4.92 Å². The molecule has 0 saturated carbocycles. The van der Waals surface area contributed by atoms with Crippen LogP contribution in [-0.2, 0) is 0 Å². The van der Waals surface area contributed by atoms with E-state index in [-0.39, 0.29) is 5.69 Å². The summed E-state index contributed by atoms with van der Waals surface area (Å²) in [5.74, 6) is 0. The minimum Gasteiger partial charge on any atom is -0.258 e. The Labute approximate surface area is 143 Å². The molecule has 4 rings (SSSR count). The van der Waals surface area contributed by atoms with E-state index in [0.717, 1.165) is 33.7 Å². The summed E-state index contributed by atoms with van der Waals surface area (Å²) in [6.45, 7) is 1.94. The number of aryl methyl sites for hydroxylation is 1. The van der Waals surface area contributed by atoms with Crippen LogP contribution in [-0.4, -0.2) is 19.5 Å². The number of nitro groups is 1. The fourth-order valence-electron chi connectivity index (χ4n) is 2.99. The first-order valence-corrected chi connectivity index (χ1v) is 7.80. The predicted molar refractivity (Wildman–Crippen MR) is 95.3 cm³/mol. The quantitative estimate of drug-likeness (QED) is 0.415. The van der Waals surface area contributed by atoms with Crippen LogP contribution >= 0.6 is 0 Å². The Hall–Kier alpha value is -3.54. The van der Waals surface area contributed by atoms with Gasteiger partial charge in [0.2, 0.25) is 0 Å². The first kappa shape index (κ1) is 15.0. The Bertz CT molecular complexity index is 1090. The van der Waals surface area contributed by atoms with Gasteiger partial charge < -0.3 is 0 Å². The molecule has 0 N–H and O–H groups in total. The Morgan fingerprint density at radius 1 is 1.00 bits per heavy atom. The summed E-state index contributed by atoms with van der Waals surface area (Å²) in [4.78, 5) is 15.2. The first-order chi connectivity index (χ1) is 12.1. The Morgan fingerprint density at radius 2 is 1.76 bits per heavy atom. The molecule has 0 amide bonds. The van der Waals surface area contributed by atoms with E-state index in [4.69, 9.17) is 0 Å². The van der Waals surface area contributed by atoms with Gasteiger partial charge >= 0.3 is 0 Å². The molecule has 0 aliphatic rings. The van der Waals surface area contributed by atoms with Crippen molar-refractivity contribution in [1.82, 2.24) is 14.6 Å². The molecule has 2 aromatic carbocycles. The number of fused-ring (bicyclic) bond motifs is 1. The van der Waals surface area contributed by atoms with E-state index in [0.29, 0.717) is 0 Å². The van der Waals surface area contributed by atoms with Crippen molar-refractivity contribution in [3.05, 3.63) is 82.7 Å². The molecule has 0 bridgehead atoms. The zero-order valence-corrected chi connectivity index (χ0v) is 13.5. The number of benzene rings is 2. The molecule has 4 aromatic rings. The summed E-state index contributed by atoms with van der Waals surface area (Å²) in [6, 6.07) is 18.3. The second-order valence-corrected chi connectivity index (χ2v) is 5.70. The van der Waals surface area contributed by atoms with Gasteiger partial charge in [-0.15, -0.1) is 0 Å². The lowest BCUT2D eigenvalue weighted by atomic mass is 10.1. The molecule has 2 heterocycles. The highest BCUT2D eigenvalue weighted by Gasteiger charge is 2.16. The number of non-ortho nitro benzene ring substituents is 1. The van der Waals surface area contributed by atoms with Gasteiger partial charge in [-0.2, -0.15) is 5.10 Å². The van der Waals surface area contributed by atoms with Crippen molar-refractivity contribution in [2.45, 2.75) is 6.92 Å². The molecule has 0 atom stereocenters. The summed E-state index contributed by atoms with van der Waals surface area (Å²) in [6.07, 6.45) is 1.71. The van der Waals surface area contributed by atoms with Gasteiger partial charge in [-0.05, 0) is 18.6 Å². The lowest BCUT2D eigenvalue weighted by molar-refractivity contribution is -0.384. The minimum absolute atomic E-state index is 0.0506. The highest BCUT2D eigenvalue weighted by Crippen LogP contribution is 2.30. The Balaban J connectivity index is 1.96. The van der Waals surface area contributed by atoms with E-state index in [9.17, 15) is 10.1 Å². The lowest BCUT2D eigenvalue weighted by Crippen LogP contribution is -1.96. The standard InChI is InChI=1S/C19H14N4O2/c1-13-18(14-6-3-2-4-7-14)19-20-11-10-17(22(19)21-13)15-8-5-9-16(12-15)23(24)25/h2-12H,1H3. The van der Waals surface area contributed by atoms with Crippen molar-refractivity contribution in [2.75, 3.05) is 0 Å². The fraction of sp³-hybridized carbons (Fsp3) is 0.0526. The maximum absolute atomic E-state index is 11.1. The molecule has 0 unspecified atom stereocenters. The smallest absolute Gasteiger partial charge is 0.258 e. The van der Waals surface area contributed by atoms with Crippen LogP contribution < -0.4 is 0 Å². The maximum atomic E-state index is 11.1. The van der Waals surface area contributed by atoms with Crippen LogP contribution in [0.1, 0.15) is 5.69 Å². The van der Waals surface area contributed by atoms with Crippen molar-refractivity contribution in [2.24, 2.45) is 0 Å². The van der Waals surface area contributed by atoms with E-state index in [2.05, 4.69) is 10.1 Å². The summed E-state index contributed by atoms with van der Waals surface area (Å²) in [5.41, 5.74) is 5.13. The highest BCUT2D eigenvalue weighted by atomic mass is 16.6. The van der Waals surface area contributed by atoms with E-state index >= 15 is 0 Å². The summed E-state index contributed by atoms with van der Waals surface area (Å²) < 4.78 is 1.75. The van der Waals surface area contributed by atoms with Gasteiger partial charge in [-0.25, -0.2) is 9.50 Å². The van der Waals surface area contributed by atoms with Crippen LogP contribution in [0, 0.1) is 17.0 Å². The predicted octanol–water partition coefficient (Wildman–Crippen LogP) is 4.28. The zero-order valence-electron chi connectivity index (χ0n) is 13.5. The van der Waals surface area contributed by atoms with Crippen LogP contribution in [0.3, 0.4) is 0 Å². The van der Waals surface area contributed by atoms with Crippen molar-refractivity contribution in [3.63, 3.8) is 0 Å². The first-order valence-electron chi connectivity index (χ1n) is 7.80. The highest BCUT2D eigenvalue weighted by molar-refractivity contribution is 5.81. The SMILES string of the molecule is Cc1nn2c(-c3cccc([N+](=O)[O-])c3)ccnc2c1-c1ccccc1. The van der Waals surface area contributed by atoms with Crippen LogP contribution in [0.2, 0.25) is 0 Å². The van der Waals surface area contributed by atoms with Gasteiger partial charge in [0.15, 0.2) is 5.65 Å². The van der Waals surface area contributed by atoms with Gasteiger partial charge in [0.05, 0.1) is 16.3 Å². The number of aromatic nitrogens is 3. The van der Waals surface area contributed by atoms with Crippen LogP contribution in [0.5, 0.6) is 0 Å². The molecular formula is C19H14N4O2. The average molecular weight is 330 g/mol. The normalized spacial score (nSPS) is 10.9. The molecule has 0 aliphatic carbocycles. The van der Waals surface area contributed by atoms with E-state index in [1.807, 2.05) is 49.4 Å². The summed E-state index contributed by atoms with van der Waals surface area (Å²) in [5, 5.41) is 15.7. The molecule has 0 spiro atoms.